The number of ether oxygens (including phenoxy) is 1. The predicted molar refractivity (Wildman–Crippen MR) is 158 cm³/mol. The van der Waals surface area contributed by atoms with Crippen LogP contribution in [0.25, 0.3) is 5.69 Å². The molecule has 0 saturated heterocycles. The fourth-order valence-electron chi connectivity index (χ4n) is 4.39. The van der Waals surface area contributed by atoms with E-state index >= 15 is 0 Å². The molecule has 3 amide bonds. The maximum Gasteiger partial charge on any atom is 0.295 e. The molecule has 10 heteroatoms. The topological polar surface area (TPSA) is 123 Å². The monoisotopic (exact) mass is 555 g/mol. The van der Waals surface area contributed by atoms with Crippen LogP contribution in [0.5, 0.6) is 5.75 Å². The molecule has 3 N–H and O–H groups in total. The predicted octanol–water partition coefficient (Wildman–Crippen LogP) is 4.14. The first-order chi connectivity index (χ1) is 19.6. The third kappa shape index (κ3) is 6.22. The van der Waals surface area contributed by atoms with Gasteiger partial charge < -0.3 is 20.7 Å². The van der Waals surface area contributed by atoms with Gasteiger partial charge in [0.15, 0.2) is 0 Å². The average molecular weight is 556 g/mol. The van der Waals surface area contributed by atoms with Crippen molar-refractivity contribution in [1.82, 2.24) is 14.7 Å². The van der Waals surface area contributed by atoms with Crippen LogP contribution in [0.2, 0.25) is 0 Å². The normalized spacial score (nSPS) is 11.6. The van der Waals surface area contributed by atoms with Gasteiger partial charge in [0.1, 0.15) is 17.5 Å². The highest BCUT2D eigenvalue weighted by Gasteiger charge is 2.28. The van der Waals surface area contributed by atoms with E-state index in [2.05, 4.69) is 16.0 Å². The number of nitrogens with one attached hydrogen (secondary N) is 3. The van der Waals surface area contributed by atoms with Crippen molar-refractivity contribution in [2.45, 2.75) is 26.8 Å². The lowest BCUT2D eigenvalue weighted by atomic mass is 10.0. The molecule has 0 aliphatic carbocycles. The molecule has 212 valence electrons. The van der Waals surface area contributed by atoms with Crippen LogP contribution in [0.3, 0.4) is 0 Å². The number of nitrogens with zero attached hydrogens (tertiary/aromatic N) is 2. The molecule has 4 aromatic rings. The minimum absolute atomic E-state index is 0.133. The third-order valence-corrected chi connectivity index (χ3v) is 6.81. The number of amides is 3. The van der Waals surface area contributed by atoms with Crippen molar-refractivity contribution in [3.8, 4) is 11.4 Å². The average Bonchev–Trinajstić information content (AvgIpc) is 3.18. The Morgan fingerprint density at radius 2 is 1.46 bits per heavy atom. The largest absolute Gasteiger partial charge is 0.497 e. The van der Waals surface area contributed by atoms with Crippen molar-refractivity contribution in [3.05, 3.63) is 106 Å². The van der Waals surface area contributed by atoms with Crippen LogP contribution < -0.4 is 26.2 Å². The second-order valence-corrected chi connectivity index (χ2v) is 9.85. The summed E-state index contributed by atoms with van der Waals surface area (Å²) in [5.74, 6) is -1.17. The van der Waals surface area contributed by atoms with Crippen LogP contribution in [-0.2, 0) is 11.8 Å². The number of hydrogen-bond donors (Lipinski definition) is 3. The van der Waals surface area contributed by atoms with Gasteiger partial charge in [0.05, 0.1) is 29.7 Å². The number of methoxy groups -OCH3 is 1. The molecule has 0 saturated carbocycles. The third-order valence-electron chi connectivity index (χ3n) is 6.81. The maximum atomic E-state index is 13.4. The molecular formula is C31H33N5O5. The minimum Gasteiger partial charge on any atom is -0.497 e. The van der Waals surface area contributed by atoms with E-state index in [1.54, 1.807) is 93.2 Å². The molecule has 0 aliphatic heterocycles. The summed E-state index contributed by atoms with van der Waals surface area (Å²) in [7, 11) is 3.27. The van der Waals surface area contributed by atoms with E-state index in [0.717, 1.165) is 0 Å². The van der Waals surface area contributed by atoms with E-state index in [4.69, 9.17) is 4.74 Å². The van der Waals surface area contributed by atoms with Gasteiger partial charge in [0, 0.05) is 12.6 Å². The van der Waals surface area contributed by atoms with Crippen molar-refractivity contribution in [2.24, 2.45) is 13.0 Å². The standard InChI is InChI=1S/C31H33N5O5/c1-19(2)26(30(39)34-27-20(3)35(4)36(31(27)40)22-11-7-6-8-12-22)33-29(38)24-13-9-10-14-25(24)32-28(37)21-15-17-23(41-5)18-16-21/h6-19,26H,1-5H3,(H,32,37)(H,33,38)(H,34,39)/t26-/m1/s1. The van der Waals surface area contributed by atoms with Crippen molar-refractivity contribution < 1.29 is 19.1 Å². The lowest BCUT2D eigenvalue weighted by molar-refractivity contribution is -0.118. The molecule has 41 heavy (non-hydrogen) atoms. The SMILES string of the molecule is COc1ccc(C(=O)Nc2ccccc2C(=O)N[C@@H](C(=O)Nc2c(C)n(C)n(-c3ccccc3)c2=O)C(C)C)cc1. The van der Waals surface area contributed by atoms with Crippen LogP contribution in [0, 0.1) is 12.8 Å². The number of benzene rings is 3. The number of hydrogen-bond acceptors (Lipinski definition) is 5. The summed E-state index contributed by atoms with van der Waals surface area (Å²) in [5, 5.41) is 8.28. The number of aromatic nitrogens is 2. The van der Waals surface area contributed by atoms with Gasteiger partial charge in [-0.05, 0) is 61.4 Å². The number of rotatable bonds is 9. The van der Waals surface area contributed by atoms with Crippen molar-refractivity contribution >= 4 is 29.1 Å². The van der Waals surface area contributed by atoms with E-state index in [1.165, 1.54) is 11.8 Å². The fourth-order valence-corrected chi connectivity index (χ4v) is 4.39. The Morgan fingerprint density at radius 1 is 0.829 bits per heavy atom. The molecule has 1 aromatic heterocycles. The molecule has 0 unspecified atom stereocenters. The van der Waals surface area contributed by atoms with Crippen LogP contribution in [0.1, 0.15) is 40.3 Å². The zero-order valence-corrected chi connectivity index (χ0v) is 23.6. The summed E-state index contributed by atoms with van der Waals surface area (Å²) in [5.41, 5.74) is 1.84. The molecule has 0 aliphatic rings. The summed E-state index contributed by atoms with van der Waals surface area (Å²) in [6.07, 6.45) is 0. The van der Waals surface area contributed by atoms with Gasteiger partial charge in [0.25, 0.3) is 17.4 Å². The van der Waals surface area contributed by atoms with Crippen LogP contribution in [-0.4, -0.2) is 40.2 Å². The summed E-state index contributed by atoms with van der Waals surface area (Å²) in [4.78, 5) is 52.9. The zero-order valence-electron chi connectivity index (χ0n) is 23.6. The van der Waals surface area contributed by atoms with Crippen molar-refractivity contribution in [3.63, 3.8) is 0 Å². The molecular weight excluding hydrogens is 522 g/mol. The van der Waals surface area contributed by atoms with Crippen LogP contribution in [0.15, 0.2) is 83.7 Å². The van der Waals surface area contributed by atoms with Gasteiger partial charge in [-0.3, -0.25) is 23.9 Å². The number of anilines is 2. The zero-order chi connectivity index (χ0) is 29.7. The lowest BCUT2D eigenvalue weighted by Gasteiger charge is -2.22. The van der Waals surface area contributed by atoms with Gasteiger partial charge in [-0.2, -0.15) is 0 Å². The molecule has 0 bridgehead atoms. The Bertz CT molecular complexity index is 1620. The Labute approximate surface area is 237 Å². The number of para-hydroxylation sites is 2. The lowest BCUT2D eigenvalue weighted by Crippen LogP contribution is -2.47. The van der Waals surface area contributed by atoms with Gasteiger partial charge in [-0.25, -0.2) is 4.68 Å². The van der Waals surface area contributed by atoms with Gasteiger partial charge in [-0.15, -0.1) is 0 Å². The smallest absolute Gasteiger partial charge is 0.295 e. The molecule has 0 radical (unpaired) electrons. The highest BCUT2D eigenvalue weighted by atomic mass is 16.5. The summed E-state index contributed by atoms with van der Waals surface area (Å²) in [6, 6.07) is 21.3. The maximum absolute atomic E-state index is 13.4. The van der Waals surface area contributed by atoms with E-state index in [1.807, 2.05) is 18.2 Å². The van der Waals surface area contributed by atoms with Crippen LogP contribution >= 0.6 is 0 Å². The summed E-state index contributed by atoms with van der Waals surface area (Å²) >= 11 is 0. The van der Waals surface area contributed by atoms with E-state index in [0.29, 0.717) is 28.4 Å². The summed E-state index contributed by atoms with van der Waals surface area (Å²) < 4.78 is 8.27. The second kappa shape index (κ2) is 12.4. The quantitative estimate of drug-likeness (QED) is 0.287. The number of carbonyl (C=O) groups excluding carboxylic acids is 3. The highest BCUT2D eigenvalue weighted by Crippen LogP contribution is 2.20. The second-order valence-electron chi connectivity index (χ2n) is 9.85. The Balaban J connectivity index is 1.54. The first-order valence-corrected chi connectivity index (χ1v) is 13.1. The van der Waals surface area contributed by atoms with Crippen molar-refractivity contribution in [1.29, 1.82) is 0 Å². The van der Waals surface area contributed by atoms with Crippen LogP contribution in [0.4, 0.5) is 11.4 Å². The molecule has 0 fully saturated rings. The molecule has 10 nitrogen and oxygen atoms in total. The molecule has 4 rings (SSSR count). The fraction of sp³-hybridized carbons (Fsp3) is 0.226. The van der Waals surface area contributed by atoms with E-state index < -0.39 is 23.8 Å². The van der Waals surface area contributed by atoms with Gasteiger partial charge in [-0.1, -0.05) is 44.2 Å². The Hall–Kier alpha value is -5.12. The first kappa shape index (κ1) is 28.9. The molecule has 1 heterocycles. The number of carbonyl (C=O) groups is 3. The molecule has 1 atom stereocenters. The Morgan fingerprint density at radius 3 is 2.10 bits per heavy atom. The molecule has 3 aromatic carbocycles. The van der Waals surface area contributed by atoms with E-state index in [9.17, 15) is 19.2 Å². The first-order valence-electron chi connectivity index (χ1n) is 13.1. The molecule has 0 spiro atoms. The van der Waals surface area contributed by atoms with Gasteiger partial charge >= 0.3 is 0 Å². The Kier molecular flexibility index (Phi) is 8.72. The highest BCUT2D eigenvalue weighted by molar-refractivity contribution is 6.10. The minimum atomic E-state index is -0.961. The van der Waals surface area contributed by atoms with E-state index in [-0.39, 0.29) is 22.7 Å². The van der Waals surface area contributed by atoms with Gasteiger partial charge in [0.2, 0.25) is 5.91 Å². The van der Waals surface area contributed by atoms with Crippen molar-refractivity contribution in [2.75, 3.05) is 17.7 Å². The summed E-state index contributed by atoms with van der Waals surface area (Å²) in [6.45, 7) is 5.32.